The minimum atomic E-state index is -0.369. The zero-order chi connectivity index (χ0) is 10.0. The zero-order valence-corrected chi connectivity index (χ0v) is 8.75. The van der Waals surface area contributed by atoms with Gasteiger partial charge in [0.25, 0.3) is 0 Å². The standard InChI is InChI=1S/C11H18O3/c1-11(13-6-7-14-11)5-4-9-2-3-10(12)8-9/h9H,2-8H2,1H3/t9-/m0/s1. The minimum Gasteiger partial charge on any atom is -0.348 e. The number of hydrogen-bond acceptors (Lipinski definition) is 3. The van der Waals surface area contributed by atoms with Crippen LogP contribution in [0.5, 0.6) is 0 Å². The van der Waals surface area contributed by atoms with Gasteiger partial charge in [0.05, 0.1) is 13.2 Å². The minimum absolute atomic E-state index is 0.369. The van der Waals surface area contributed by atoms with Crippen LogP contribution >= 0.6 is 0 Å². The largest absolute Gasteiger partial charge is 0.348 e. The van der Waals surface area contributed by atoms with Gasteiger partial charge < -0.3 is 9.47 Å². The quantitative estimate of drug-likeness (QED) is 0.694. The van der Waals surface area contributed by atoms with Crippen LogP contribution in [0.15, 0.2) is 0 Å². The maximum absolute atomic E-state index is 11.1. The van der Waals surface area contributed by atoms with Crippen molar-refractivity contribution >= 4 is 5.78 Å². The van der Waals surface area contributed by atoms with Crippen LogP contribution in [0.4, 0.5) is 0 Å². The van der Waals surface area contributed by atoms with E-state index in [1.807, 2.05) is 6.92 Å². The second kappa shape index (κ2) is 3.99. The van der Waals surface area contributed by atoms with Crippen molar-refractivity contribution in [2.24, 2.45) is 5.92 Å². The summed E-state index contributed by atoms with van der Waals surface area (Å²) in [4.78, 5) is 11.1. The number of ether oxygens (including phenoxy) is 2. The van der Waals surface area contributed by atoms with Crippen molar-refractivity contribution in [3.63, 3.8) is 0 Å². The first-order valence-corrected chi connectivity index (χ1v) is 5.48. The predicted molar refractivity (Wildman–Crippen MR) is 51.9 cm³/mol. The average Bonchev–Trinajstić information content (AvgIpc) is 2.73. The molecule has 0 aromatic heterocycles. The lowest BCUT2D eigenvalue weighted by molar-refractivity contribution is -0.149. The summed E-state index contributed by atoms with van der Waals surface area (Å²) in [5, 5.41) is 0. The first-order valence-electron chi connectivity index (χ1n) is 5.48. The summed E-state index contributed by atoms with van der Waals surface area (Å²) in [6.07, 6.45) is 4.60. The third-order valence-electron chi connectivity index (χ3n) is 3.25. The van der Waals surface area contributed by atoms with Gasteiger partial charge in [-0.15, -0.1) is 0 Å². The molecule has 0 N–H and O–H groups in total. The Morgan fingerprint density at radius 1 is 1.43 bits per heavy atom. The Balaban J connectivity index is 1.74. The lowest BCUT2D eigenvalue weighted by Gasteiger charge is -2.23. The number of carbonyl (C=O) groups is 1. The van der Waals surface area contributed by atoms with Gasteiger partial charge in [-0.1, -0.05) is 0 Å². The molecule has 2 fully saturated rings. The number of ketones is 1. The zero-order valence-electron chi connectivity index (χ0n) is 8.75. The Kier molecular flexibility index (Phi) is 2.88. The summed E-state index contributed by atoms with van der Waals surface area (Å²) in [5.74, 6) is 0.631. The van der Waals surface area contributed by atoms with E-state index in [-0.39, 0.29) is 5.79 Å². The van der Waals surface area contributed by atoms with Crippen molar-refractivity contribution in [3.05, 3.63) is 0 Å². The highest BCUT2D eigenvalue weighted by Gasteiger charge is 2.32. The molecule has 2 aliphatic rings. The van der Waals surface area contributed by atoms with E-state index in [0.29, 0.717) is 24.9 Å². The summed E-state index contributed by atoms with van der Waals surface area (Å²) >= 11 is 0. The van der Waals surface area contributed by atoms with Crippen LogP contribution in [-0.2, 0) is 14.3 Å². The monoisotopic (exact) mass is 198 g/mol. The van der Waals surface area contributed by atoms with Crippen molar-refractivity contribution in [2.75, 3.05) is 13.2 Å². The Labute approximate surface area is 84.8 Å². The van der Waals surface area contributed by atoms with Gasteiger partial charge in [0, 0.05) is 19.3 Å². The van der Waals surface area contributed by atoms with E-state index in [2.05, 4.69) is 0 Å². The molecule has 0 bridgehead atoms. The first-order chi connectivity index (χ1) is 6.68. The van der Waals surface area contributed by atoms with Crippen LogP contribution in [0.25, 0.3) is 0 Å². The second-order valence-corrected chi connectivity index (χ2v) is 4.52. The van der Waals surface area contributed by atoms with Crippen LogP contribution in [0.2, 0.25) is 0 Å². The molecule has 1 heterocycles. The highest BCUT2D eigenvalue weighted by atomic mass is 16.7. The van der Waals surface area contributed by atoms with Crippen LogP contribution in [0, 0.1) is 5.92 Å². The molecule has 0 radical (unpaired) electrons. The van der Waals surface area contributed by atoms with Gasteiger partial charge in [-0.2, -0.15) is 0 Å². The van der Waals surface area contributed by atoms with E-state index in [1.54, 1.807) is 0 Å². The molecule has 3 nitrogen and oxygen atoms in total. The fourth-order valence-electron chi connectivity index (χ4n) is 2.31. The molecule has 1 aliphatic carbocycles. The van der Waals surface area contributed by atoms with Crippen molar-refractivity contribution in [1.29, 1.82) is 0 Å². The van der Waals surface area contributed by atoms with Gasteiger partial charge >= 0.3 is 0 Å². The molecule has 0 unspecified atom stereocenters. The second-order valence-electron chi connectivity index (χ2n) is 4.52. The molecule has 0 aromatic rings. The third-order valence-corrected chi connectivity index (χ3v) is 3.25. The molecule has 1 aliphatic heterocycles. The van der Waals surface area contributed by atoms with E-state index in [0.717, 1.165) is 32.1 Å². The SMILES string of the molecule is CC1(CC[C@@H]2CCC(=O)C2)OCCO1. The normalized spacial score (nSPS) is 31.2. The van der Waals surface area contributed by atoms with Crippen LogP contribution in [0.3, 0.4) is 0 Å². The van der Waals surface area contributed by atoms with Gasteiger partial charge in [0.1, 0.15) is 5.78 Å². The van der Waals surface area contributed by atoms with Crippen LogP contribution in [-0.4, -0.2) is 24.8 Å². The highest BCUT2D eigenvalue weighted by molar-refractivity contribution is 5.80. The van der Waals surface area contributed by atoms with E-state index >= 15 is 0 Å². The molecule has 3 heteroatoms. The third kappa shape index (κ3) is 2.34. The summed E-state index contributed by atoms with van der Waals surface area (Å²) in [6.45, 7) is 3.41. The lowest BCUT2D eigenvalue weighted by Crippen LogP contribution is -2.26. The van der Waals surface area contributed by atoms with E-state index in [4.69, 9.17) is 9.47 Å². The number of carbonyl (C=O) groups excluding carboxylic acids is 1. The average molecular weight is 198 g/mol. The van der Waals surface area contributed by atoms with Crippen molar-refractivity contribution in [1.82, 2.24) is 0 Å². The molecule has 1 saturated carbocycles. The lowest BCUT2D eigenvalue weighted by atomic mass is 9.98. The molecule has 2 rings (SSSR count). The summed E-state index contributed by atoms with van der Waals surface area (Å²) < 4.78 is 11.0. The molecule has 0 aromatic carbocycles. The summed E-state index contributed by atoms with van der Waals surface area (Å²) in [6, 6.07) is 0. The molecule has 0 amide bonds. The molecular formula is C11H18O3. The summed E-state index contributed by atoms with van der Waals surface area (Å²) in [7, 11) is 0. The topological polar surface area (TPSA) is 35.5 Å². The molecule has 0 spiro atoms. The van der Waals surface area contributed by atoms with Gasteiger partial charge in [-0.25, -0.2) is 0 Å². The molecule has 1 atom stereocenters. The van der Waals surface area contributed by atoms with Crippen LogP contribution in [0.1, 0.15) is 39.0 Å². The van der Waals surface area contributed by atoms with Gasteiger partial charge in [-0.3, -0.25) is 4.79 Å². The molecule has 14 heavy (non-hydrogen) atoms. The molecule has 80 valence electrons. The van der Waals surface area contributed by atoms with Gasteiger partial charge in [-0.05, 0) is 25.7 Å². The highest BCUT2D eigenvalue weighted by Crippen LogP contribution is 2.31. The number of rotatable bonds is 3. The van der Waals surface area contributed by atoms with E-state index < -0.39 is 0 Å². The maximum atomic E-state index is 11.1. The van der Waals surface area contributed by atoms with Crippen molar-refractivity contribution in [3.8, 4) is 0 Å². The van der Waals surface area contributed by atoms with Crippen LogP contribution < -0.4 is 0 Å². The van der Waals surface area contributed by atoms with E-state index in [1.165, 1.54) is 0 Å². The Morgan fingerprint density at radius 3 is 2.71 bits per heavy atom. The fraction of sp³-hybridized carbons (Fsp3) is 0.909. The Morgan fingerprint density at radius 2 is 2.14 bits per heavy atom. The van der Waals surface area contributed by atoms with Crippen molar-refractivity contribution < 1.29 is 14.3 Å². The molecular weight excluding hydrogens is 180 g/mol. The maximum Gasteiger partial charge on any atom is 0.165 e. The Bertz CT molecular complexity index is 219. The number of Topliss-reactive ketones (excluding diaryl/α,β-unsaturated/α-hetero) is 1. The predicted octanol–water partition coefficient (Wildman–Crippen LogP) is 1.90. The van der Waals surface area contributed by atoms with Gasteiger partial charge in [0.2, 0.25) is 0 Å². The first kappa shape index (κ1) is 10.1. The molecule has 1 saturated heterocycles. The van der Waals surface area contributed by atoms with Crippen molar-refractivity contribution in [2.45, 2.75) is 44.8 Å². The number of hydrogen-bond donors (Lipinski definition) is 0. The van der Waals surface area contributed by atoms with E-state index in [9.17, 15) is 4.79 Å². The summed E-state index contributed by atoms with van der Waals surface area (Å²) in [5.41, 5.74) is 0. The smallest absolute Gasteiger partial charge is 0.165 e. The van der Waals surface area contributed by atoms with Gasteiger partial charge in [0.15, 0.2) is 5.79 Å². The Hall–Kier alpha value is -0.410. The fourth-order valence-corrected chi connectivity index (χ4v) is 2.31.